The highest BCUT2D eigenvalue weighted by atomic mass is 32.2. The number of hydrogen-bond donors (Lipinski definition) is 2. The third kappa shape index (κ3) is 5.93. The molecule has 0 atom stereocenters. The van der Waals surface area contributed by atoms with E-state index < -0.39 is 0 Å². The van der Waals surface area contributed by atoms with Crippen LogP contribution in [0.3, 0.4) is 0 Å². The lowest BCUT2D eigenvalue weighted by Gasteiger charge is -2.19. The topological polar surface area (TPSA) is 61.8 Å². The van der Waals surface area contributed by atoms with Gasteiger partial charge in [-0.05, 0) is 18.7 Å². The lowest BCUT2D eigenvalue weighted by Crippen LogP contribution is -2.30. The molecule has 100 valence electrons. The first-order valence-corrected chi connectivity index (χ1v) is 7.11. The first-order chi connectivity index (χ1) is 8.76. The summed E-state index contributed by atoms with van der Waals surface area (Å²) in [6, 6.07) is 10.4. The summed E-state index contributed by atoms with van der Waals surface area (Å²) in [5.41, 5.74) is 5.46. The smallest absolute Gasteiger partial charge is 0.140 e. The number of benzene rings is 1. The molecule has 0 radical (unpaired) electrons. The minimum atomic E-state index is 0.296. The van der Waals surface area contributed by atoms with Gasteiger partial charge in [-0.3, -0.25) is 0 Å². The summed E-state index contributed by atoms with van der Waals surface area (Å²) < 4.78 is 0. The monoisotopic (exact) mass is 267 g/mol. The Morgan fingerprint density at radius 2 is 2.06 bits per heavy atom. The molecule has 0 aliphatic carbocycles. The Labute approximate surface area is 113 Å². The van der Waals surface area contributed by atoms with E-state index in [0.717, 1.165) is 25.4 Å². The van der Waals surface area contributed by atoms with Gasteiger partial charge in [-0.1, -0.05) is 30.3 Å². The van der Waals surface area contributed by atoms with Crippen molar-refractivity contribution in [1.29, 1.82) is 0 Å². The maximum absolute atomic E-state index is 8.49. The van der Waals surface area contributed by atoms with Gasteiger partial charge < -0.3 is 15.8 Å². The maximum Gasteiger partial charge on any atom is 0.140 e. The van der Waals surface area contributed by atoms with Crippen LogP contribution < -0.4 is 5.73 Å². The summed E-state index contributed by atoms with van der Waals surface area (Å²) in [6.07, 6.45) is 0.611. The standard InChI is InChI=1S/C13H21N3OS/c1-2-16(9-8-13(14)15-17)10-11-18-12-6-4-3-5-7-12/h3-7,17H,2,8-11H2,1H3,(H2,14,15). The van der Waals surface area contributed by atoms with Crippen LogP contribution in [0.25, 0.3) is 0 Å². The number of amidine groups is 1. The maximum atomic E-state index is 8.49. The molecule has 4 nitrogen and oxygen atoms in total. The fraction of sp³-hybridized carbons (Fsp3) is 0.462. The Kier molecular flexibility index (Phi) is 7.29. The van der Waals surface area contributed by atoms with Crippen molar-refractivity contribution in [3.8, 4) is 0 Å². The van der Waals surface area contributed by atoms with Crippen LogP contribution in [-0.4, -0.2) is 41.3 Å². The fourth-order valence-corrected chi connectivity index (χ4v) is 2.49. The molecule has 0 aliphatic heterocycles. The van der Waals surface area contributed by atoms with E-state index in [1.54, 1.807) is 0 Å². The molecule has 0 amide bonds. The first-order valence-electron chi connectivity index (χ1n) is 6.13. The van der Waals surface area contributed by atoms with Gasteiger partial charge in [0.15, 0.2) is 0 Å². The summed E-state index contributed by atoms with van der Waals surface area (Å²) in [4.78, 5) is 3.60. The third-order valence-electron chi connectivity index (χ3n) is 2.68. The number of oxime groups is 1. The van der Waals surface area contributed by atoms with E-state index in [4.69, 9.17) is 10.9 Å². The Morgan fingerprint density at radius 1 is 1.33 bits per heavy atom. The van der Waals surface area contributed by atoms with Crippen molar-refractivity contribution in [2.24, 2.45) is 10.9 Å². The van der Waals surface area contributed by atoms with Gasteiger partial charge in [-0.15, -0.1) is 11.8 Å². The van der Waals surface area contributed by atoms with Gasteiger partial charge in [0.2, 0.25) is 0 Å². The SMILES string of the molecule is CCN(CCSc1ccccc1)CCC(N)=NO. The zero-order valence-electron chi connectivity index (χ0n) is 10.7. The lowest BCUT2D eigenvalue weighted by atomic mass is 10.3. The van der Waals surface area contributed by atoms with Crippen molar-refractivity contribution in [2.45, 2.75) is 18.2 Å². The van der Waals surface area contributed by atoms with Crippen molar-refractivity contribution in [3.63, 3.8) is 0 Å². The third-order valence-corrected chi connectivity index (χ3v) is 3.67. The molecule has 0 saturated heterocycles. The lowest BCUT2D eigenvalue weighted by molar-refractivity contribution is 0.302. The van der Waals surface area contributed by atoms with Crippen LogP contribution in [0.5, 0.6) is 0 Å². The summed E-state index contributed by atoms with van der Waals surface area (Å²) >= 11 is 1.85. The van der Waals surface area contributed by atoms with Gasteiger partial charge in [-0.2, -0.15) is 0 Å². The summed E-state index contributed by atoms with van der Waals surface area (Å²) in [6.45, 7) is 4.95. The van der Waals surface area contributed by atoms with E-state index in [0.29, 0.717) is 12.3 Å². The fourth-order valence-electron chi connectivity index (χ4n) is 1.56. The Bertz CT molecular complexity index is 357. The molecular formula is C13H21N3OS. The Hall–Kier alpha value is -1.20. The van der Waals surface area contributed by atoms with E-state index in [9.17, 15) is 0 Å². The molecule has 5 heteroatoms. The number of nitrogens with two attached hydrogens (primary N) is 1. The molecule has 0 saturated carbocycles. The highest BCUT2D eigenvalue weighted by Crippen LogP contribution is 2.16. The average molecular weight is 267 g/mol. The van der Waals surface area contributed by atoms with Crippen molar-refractivity contribution in [3.05, 3.63) is 30.3 Å². The van der Waals surface area contributed by atoms with Crippen LogP contribution in [-0.2, 0) is 0 Å². The van der Waals surface area contributed by atoms with Crippen molar-refractivity contribution >= 4 is 17.6 Å². The normalized spacial score (nSPS) is 12.0. The van der Waals surface area contributed by atoms with Crippen LogP contribution in [0.15, 0.2) is 40.4 Å². The molecule has 1 aromatic carbocycles. The number of hydrogen-bond acceptors (Lipinski definition) is 4. The van der Waals surface area contributed by atoms with Crippen LogP contribution in [0.2, 0.25) is 0 Å². The average Bonchev–Trinajstić information content (AvgIpc) is 2.43. The van der Waals surface area contributed by atoms with Crippen molar-refractivity contribution in [1.82, 2.24) is 4.90 Å². The van der Waals surface area contributed by atoms with E-state index in [1.165, 1.54) is 4.90 Å². The first kappa shape index (κ1) is 14.9. The minimum Gasteiger partial charge on any atom is -0.409 e. The van der Waals surface area contributed by atoms with Crippen LogP contribution in [0.1, 0.15) is 13.3 Å². The highest BCUT2D eigenvalue weighted by molar-refractivity contribution is 7.99. The predicted octanol–water partition coefficient (Wildman–Crippen LogP) is 2.24. The highest BCUT2D eigenvalue weighted by Gasteiger charge is 2.04. The molecule has 0 aliphatic rings. The molecule has 0 aromatic heterocycles. The molecule has 1 aromatic rings. The number of thioether (sulfide) groups is 1. The summed E-state index contributed by atoms with van der Waals surface area (Å²) in [5, 5.41) is 11.5. The van der Waals surface area contributed by atoms with Crippen LogP contribution in [0, 0.1) is 0 Å². The molecule has 0 heterocycles. The van der Waals surface area contributed by atoms with Gasteiger partial charge in [0, 0.05) is 30.2 Å². The van der Waals surface area contributed by atoms with E-state index >= 15 is 0 Å². The zero-order valence-corrected chi connectivity index (χ0v) is 11.6. The van der Waals surface area contributed by atoms with Gasteiger partial charge in [0.25, 0.3) is 0 Å². The van der Waals surface area contributed by atoms with Crippen LogP contribution in [0.4, 0.5) is 0 Å². The van der Waals surface area contributed by atoms with E-state index in [2.05, 4.69) is 41.2 Å². The summed E-state index contributed by atoms with van der Waals surface area (Å²) in [5.74, 6) is 1.35. The van der Waals surface area contributed by atoms with E-state index in [-0.39, 0.29) is 0 Å². The van der Waals surface area contributed by atoms with Gasteiger partial charge in [-0.25, -0.2) is 0 Å². The molecule has 1 rings (SSSR count). The molecular weight excluding hydrogens is 246 g/mol. The molecule has 0 unspecified atom stereocenters. The molecule has 0 fully saturated rings. The number of rotatable bonds is 8. The van der Waals surface area contributed by atoms with Crippen molar-refractivity contribution in [2.75, 3.05) is 25.4 Å². The minimum absolute atomic E-state index is 0.296. The summed E-state index contributed by atoms with van der Waals surface area (Å²) in [7, 11) is 0. The van der Waals surface area contributed by atoms with Gasteiger partial charge in [0.1, 0.15) is 5.84 Å². The molecule has 3 N–H and O–H groups in total. The molecule has 0 bridgehead atoms. The zero-order chi connectivity index (χ0) is 13.2. The largest absolute Gasteiger partial charge is 0.409 e. The van der Waals surface area contributed by atoms with E-state index in [1.807, 2.05) is 17.8 Å². The quantitative estimate of drug-likeness (QED) is 0.249. The van der Waals surface area contributed by atoms with Crippen LogP contribution >= 0.6 is 11.8 Å². The second-order valence-electron chi connectivity index (χ2n) is 3.94. The second kappa shape index (κ2) is 8.83. The molecule has 18 heavy (non-hydrogen) atoms. The molecule has 0 spiro atoms. The van der Waals surface area contributed by atoms with Gasteiger partial charge in [0.05, 0.1) is 0 Å². The van der Waals surface area contributed by atoms with Gasteiger partial charge >= 0.3 is 0 Å². The number of nitrogens with zero attached hydrogens (tertiary/aromatic N) is 2. The Balaban J connectivity index is 2.23. The second-order valence-corrected chi connectivity index (χ2v) is 5.11. The van der Waals surface area contributed by atoms with Crippen molar-refractivity contribution < 1.29 is 5.21 Å². The predicted molar refractivity (Wildman–Crippen MR) is 77.3 cm³/mol. The Morgan fingerprint density at radius 3 is 2.67 bits per heavy atom.